The van der Waals surface area contributed by atoms with E-state index in [1.54, 1.807) is 6.08 Å². The number of hydrogen-bond acceptors (Lipinski definition) is 0. The number of allylic oxidation sites excluding steroid dienone is 1. The maximum atomic E-state index is 13.4. The summed E-state index contributed by atoms with van der Waals surface area (Å²) in [4.78, 5) is 0. The molecular weight excluding hydrogens is 163 g/mol. The van der Waals surface area contributed by atoms with Gasteiger partial charge in [-0.3, -0.25) is 0 Å². The van der Waals surface area contributed by atoms with Crippen LogP contribution in [0.15, 0.2) is 36.9 Å². The summed E-state index contributed by atoms with van der Waals surface area (Å²) in [7, 11) is 0. The van der Waals surface area contributed by atoms with Crippen LogP contribution < -0.4 is 0 Å². The van der Waals surface area contributed by atoms with E-state index >= 15 is 0 Å². The average molecular weight is 178 g/mol. The lowest BCUT2D eigenvalue weighted by Crippen LogP contribution is -1.90. The topological polar surface area (TPSA) is 0 Å². The first-order valence-corrected chi connectivity index (χ1v) is 4.55. The number of rotatable bonds is 4. The van der Waals surface area contributed by atoms with Crippen molar-refractivity contribution in [1.82, 2.24) is 0 Å². The van der Waals surface area contributed by atoms with Crippen LogP contribution >= 0.6 is 0 Å². The van der Waals surface area contributed by atoms with Gasteiger partial charge in [-0.2, -0.15) is 0 Å². The lowest BCUT2D eigenvalue weighted by atomic mass is 10.0. The third-order valence-corrected chi connectivity index (χ3v) is 2.06. The van der Waals surface area contributed by atoms with Crippen molar-refractivity contribution in [3.05, 3.63) is 48.0 Å². The summed E-state index contributed by atoms with van der Waals surface area (Å²) in [5, 5.41) is 0. The van der Waals surface area contributed by atoms with Gasteiger partial charge >= 0.3 is 0 Å². The molecule has 0 amide bonds. The normalized spacial score (nSPS) is 12.5. The molecule has 13 heavy (non-hydrogen) atoms. The van der Waals surface area contributed by atoms with Crippen LogP contribution in [0.4, 0.5) is 4.39 Å². The van der Waals surface area contributed by atoms with Crippen molar-refractivity contribution in [2.24, 2.45) is 0 Å². The van der Waals surface area contributed by atoms with Crippen LogP contribution in [-0.4, -0.2) is 0 Å². The Morgan fingerprint density at radius 2 is 2.00 bits per heavy atom. The number of hydrogen-bond donors (Lipinski definition) is 0. The van der Waals surface area contributed by atoms with Gasteiger partial charge in [0.05, 0.1) is 0 Å². The lowest BCUT2D eigenvalue weighted by molar-refractivity contribution is 0.325. The summed E-state index contributed by atoms with van der Waals surface area (Å²) < 4.78 is 13.4. The Morgan fingerprint density at radius 1 is 1.38 bits per heavy atom. The molecule has 0 saturated carbocycles. The van der Waals surface area contributed by atoms with Gasteiger partial charge in [0, 0.05) is 0 Å². The largest absolute Gasteiger partial charge is 0.242 e. The average Bonchev–Trinajstić information content (AvgIpc) is 2.15. The molecular formula is C12H15F. The van der Waals surface area contributed by atoms with Gasteiger partial charge in [0.2, 0.25) is 0 Å². The van der Waals surface area contributed by atoms with E-state index in [-0.39, 0.29) is 0 Å². The van der Waals surface area contributed by atoms with E-state index in [4.69, 9.17) is 0 Å². The van der Waals surface area contributed by atoms with Gasteiger partial charge in [0.15, 0.2) is 0 Å². The zero-order valence-corrected chi connectivity index (χ0v) is 7.96. The number of alkyl halides is 1. The molecule has 70 valence electrons. The van der Waals surface area contributed by atoms with Crippen molar-refractivity contribution in [3.8, 4) is 0 Å². The van der Waals surface area contributed by atoms with Crippen LogP contribution in [-0.2, 0) is 0 Å². The highest BCUT2D eigenvalue weighted by atomic mass is 19.1. The van der Waals surface area contributed by atoms with Crippen molar-refractivity contribution in [1.29, 1.82) is 0 Å². The molecule has 0 aliphatic heterocycles. The highest BCUT2D eigenvalue weighted by Crippen LogP contribution is 2.22. The van der Waals surface area contributed by atoms with Crippen LogP contribution in [0.1, 0.15) is 30.1 Å². The fourth-order valence-corrected chi connectivity index (χ4v) is 1.21. The van der Waals surface area contributed by atoms with E-state index in [2.05, 4.69) is 6.58 Å². The number of aryl methyl sites for hydroxylation is 1. The molecule has 0 radical (unpaired) electrons. The Labute approximate surface area is 79.1 Å². The summed E-state index contributed by atoms with van der Waals surface area (Å²) in [6.07, 6.45) is 2.17. The summed E-state index contributed by atoms with van der Waals surface area (Å²) >= 11 is 0. The van der Waals surface area contributed by atoms with Crippen LogP contribution in [0, 0.1) is 6.92 Å². The monoisotopic (exact) mass is 178 g/mol. The van der Waals surface area contributed by atoms with Gasteiger partial charge in [-0.05, 0) is 25.3 Å². The minimum atomic E-state index is -0.849. The second-order valence-corrected chi connectivity index (χ2v) is 3.24. The van der Waals surface area contributed by atoms with E-state index in [0.717, 1.165) is 12.0 Å². The summed E-state index contributed by atoms with van der Waals surface area (Å²) in [6, 6.07) is 7.58. The summed E-state index contributed by atoms with van der Waals surface area (Å²) in [5.41, 5.74) is 1.94. The Kier molecular flexibility index (Phi) is 3.69. The van der Waals surface area contributed by atoms with Crippen LogP contribution in [0.5, 0.6) is 0 Å². The Balaban J connectivity index is 2.60. The molecule has 0 N–H and O–H groups in total. The van der Waals surface area contributed by atoms with Gasteiger partial charge < -0.3 is 0 Å². The van der Waals surface area contributed by atoms with Crippen molar-refractivity contribution < 1.29 is 4.39 Å². The summed E-state index contributed by atoms with van der Waals surface area (Å²) in [5.74, 6) is 0. The smallest absolute Gasteiger partial charge is 0.125 e. The molecule has 0 aliphatic rings. The third kappa shape index (κ3) is 3.02. The second kappa shape index (κ2) is 4.80. The molecule has 0 heterocycles. The van der Waals surface area contributed by atoms with Gasteiger partial charge in [-0.25, -0.2) is 4.39 Å². The van der Waals surface area contributed by atoms with E-state index in [1.165, 1.54) is 5.56 Å². The molecule has 1 unspecified atom stereocenters. The lowest BCUT2D eigenvalue weighted by Gasteiger charge is -2.06. The van der Waals surface area contributed by atoms with Gasteiger partial charge in [0.25, 0.3) is 0 Å². The molecule has 1 aromatic rings. The minimum Gasteiger partial charge on any atom is -0.242 e. The molecule has 1 heteroatoms. The molecule has 1 atom stereocenters. The molecule has 0 aromatic heterocycles. The molecule has 0 bridgehead atoms. The maximum Gasteiger partial charge on any atom is 0.125 e. The Hall–Kier alpha value is -1.11. The highest BCUT2D eigenvalue weighted by Gasteiger charge is 2.07. The van der Waals surface area contributed by atoms with Gasteiger partial charge in [0.1, 0.15) is 6.17 Å². The van der Waals surface area contributed by atoms with Crippen LogP contribution in [0.3, 0.4) is 0 Å². The quantitative estimate of drug-likeness (QED) is 0.612. The fraction of sp³-hybridized carbons (Fsp3) is 0.333. The van der Waals surface area contributed by atoms with Crippen LogP contribution in [0.2, 0.25) is 0 Å². The highest BCUT2D eigenvalue weighted by molar-refractivity contribution is 5.23. The predicted octanol–water partition coefficient (Wildman–Crippen LogP) is 3.97. The second-order valence-electron chi connectivity index (χ2n) is 3.24. The van der Waals surface area contributed by atoms with E-state index in [9.17, 15) is 4.39 Å². The zero-order chi connectivity index (χ0) is 9.68. The maximum absolute atomic E-state index is 13.4. The number of halogens is 1. The fourth-order valence-electron chi connectivity index (χ4n) is 1.21. The Morgan fingerprint density at radius 3 is 2.54 bits per heavy atom. The van der Waals surface area contributed by atoms with Crippen molar-refractivity contribution in [3.63, 3.8) is 0 Å². The first-order chi connectivity index (χ1) is 6.24. The molecule has 0 nitrogen and oxygen atoms in total. The molecule has 0 aliphatic carbocycles. The SMILES string of the molecule is C=CCCC(F)c1ccc(C)cc1. The molecule has 0 spiro atoms. The summed E-state index contributed by atoms with van der Waals surface area (Å²) in [6.45, 7) is 5.57. The van der Waals surface area contributed by atoms with Crippen molar-refractivity contribution in [2.75, 3.05) is 0 Å². The van der Waals surface area contributed by atoms with Crippen molar-refractivity contribution >= 4 is 0 Å². The van der Waals surface area contributed by atoms with E-state index in [0.29, 0.717) is 6.42 Å². The Bertz CT molecular complexity index is 261. The standard InChI is InChI=1S/C12H15F/c1-3-4-5-12(13)11-8-6-10(2)7-9-11/h3,6-9,12H,1,4-5H2,2H3. The molecule has 1 aromatic carbocycles. The molecule has 0 fully saturated rings. The minimum absolute atomic E-state index is 0.534. The zero-order valence-electron chi connectivity index (χ0n) is 7.96. The molecule has 1 rings (SSSR count). The first kappa shape index (κ1) is 9.97. The van der Waals surface area contributed by atoms with Gasteiger partial charge in [-0.15, -0.1) is 6.58 Å². The van der Waals surface area contributed by atoms with Gasteiger partial charge in [-0.1, -0.05) is 35.9 Å². The predicted molar refractivity (Wildman–Crippen MR) is 54.5 cm³/mol. The first-order valence-electron chi connectivity index (χ1n) is 4.55. The van der Waals surface area contributed by atoms with Crippen molar-refractivity contribution in [2.45, 2.75) is 25.9 Å². The van der Waals surface area contributed by atoms with E-state index < -0.39 is 6.17 Å². The third-order valence-electron chi connectivity index (χ3n) is 2.06. The van der Waals surface area contributed by atoms with E-state index in [1.807, 2.05) is 31.2 Å². The van der Waals surface area contributed by atoms with Crippen LogP contribution in [0.25, 0.3) is 0 Å². The molecule has 0 saturated heterocycles. The number of benzene rings is 1.